The number of fused-ring (bicyclic) bond motifs is 1. The summed E-state index contributed by atoms with van der Waals surface area (Å²) in [7, 11) is 1.50. The summed E-state index contributed by atoms with van der Waals surface area (Å²) >= 11 is 5.99. The Morgan fingerprint density at radius 2 is 1.96 bits per heavy atom. The van der Waals surface area contributed by atoms with Crippen LogP contribution in [0.3, 0.4) is 0 Å². The number of methoxy groups -OCH3 is 1. The van der Waals surface area contributed by atoms with Crippen LogP contribution in [-0.4, -0.2) is 23.0 Å². The molecular weight excluding hydrogens is 366 g/mol. The molecule has 0 saturated carbocycles. The van der Waals surface area contributed by atoms with Crippen LogP contribution >= 0.6 is 11.6 Å². The molecule has 0 aliphatic heterocycles. The molecule has 0 aliphatic rings. The van der Waals surface area contributed by atoms with Crippen molar-refractivity contribution in [1.29, 1.82) is 0 Å². The molecule has 0 radical (unpaired) electrons. The van der Waals surface area contributed by atoms with E-state index in [9.17, 15) is 4.79 Å². The van der Waals surface area contributed by atoms with Crippen molar-refractivity contribution < 1.29 is 13.9 Å². The molecule has 0 fully saturated rings. The number of amides is 1. The number of halogens is 1. The molecule has 4 aromatic rings. The second kappa shape index (κ2) is 7.09. The third-order valence-corrected chi connectivity index (χ3v) is 4.22. The first-order valence-corrected chi connectivity index (χ1v) is 8.48. The SMILES string of the molecule is COc1ccc(Cl)cc1C(=O)Nc1ccc(-c2nc3cnccc3o2)cc1. The fraction of sp³-hybridized carbons (Fsp3) is 0.0500. The van der Waals surface area contributed by atoms with Crippen LogP contribution in [0.2, 0.25) is 5.02 Å². The summed E-state index contributed by atoms with van der Waals surface area (Å²) in [6, 6.07) is 13.8. The summed E-state index contributed by atoms with van der Waals surface area (Å²) in [5.41, 5.74) is 3.15. The van der Waals surface area contributed by atoms with Crippen LogP contribution in [0.4, 0.5) is 5.69 Å². The lowest BCUT2D eigenvalue weighted by Crippen LogP contribution is -2.13. The number of carbonyl (C=O) groups is 1. The minimum Gasteiger partial charge on any atom is -0.496 e. The van der Waals surface area contributed by atoms with E-state index in [1.54, 1.807) is 48.8 Å². The number of hydrogen-bond acceptors (Lipinski definition) is 5. The Hall–Kier alpha value is -3.38. The van der Waals surface area contributed by atoms with Crippen molar-refractivity contribution >= 4 is 34.3 Å². The van der Waals surface area contributed by atoms with Gasteiger partial charge in [0.25, 0.3) is 5.91 Å². The van der Waals surface area contributed by atoms with Gasteiger partial charge in [-0.2, -0.15) is 0 Å². The van der Waals surface area contributed by atoms with E-state index in [1.165, 1.54) is 7.11 Å². The molecule has 134 valence electrons. The average Bonchev–Trinajstić information content (AvgIpc) is 3.12. The number of aromatic nitrogens is 2. The first-order valence-electron chi connectivity index (χ1n) is 8.10. The molecule has 1 amide bonds. The highest BCUT2D eigenvalue weighted by atomic mass is 35.5. The van der Waals surface area contributed by atoms with Crippen molar-refractivity contribution in [1.82, 2.24) is 9.97 Å². The summed E-state index contributed by atoms with van der Waals surface area (Å²) < 4.78 is 10.9. The van der Waals surface area contributed by atoms with Crippen molar-refractivity contribution in [3.8, 4) is 17.2 Å². The minimum atomic E-state index is -0.310. The molecule has 1 N–H and O–H groups in total. The lowest BCUT2D eigenvalue weighted by molar-refractivity contribution is 0.102. The largest absolute Gasteiger partial charge is 0.496 e. The Balaban J connectivity index is 1.56. The summed E-state index contributed by atoms with van der Waals surface area (Å²) in [4.78, 5) is 21.0. The van der Waals surface area contributed by atoms with Gasteiger partial charge in [-0.15, -0.1) is 0 Å². The van der Waals surface area contributed by atoms with Gasteiger partial charge in [-0.05, 0) is 42.5 Å². The predicted molar refractivity (Wildman–Crippen MR) is 103 cm³/mol. The monoisotopic (exact) mass is 379 g/mol. The van der Waals surface area contributed by atoms with Crippen LogP contribution in [0.1, 0.15) is 10.4 Å². The van der Waals surface area contributed by atoms with Gasteiger partial charge in [0.05, 0.1) is 18.9 Å². The number of hydrogen-bond donors (Lipinski definition) is 1. The van der Waals surface area contributed by atoms with Crippen molar-refractivity contribution in [2.45, 2.75) is 0 Å². The van der Waals surface area contributed by atoms with Crippen LogP contribution in [0.15, 0.2) is 65.3 Å². The summed E-state index contributed by atoms with van der Waals surface area (Å²) in [6.45, 7) is 0. The maximum absolute atomic E-state index is 12.5. The zero-order valence-corrected chi connectivity index (χ0v) is 15.0. The lowest BCUT2D eigenvalue weighted by atomic mass is 10.1. The van der Waals surface area contributed by atoms with Gasteiger partial charge >= 0.3 is 0 Å². The molecule has 0 bridgehead atoms. The fourth-order valence-electron chi connectivity index (χ4n) is 2.66. The Kier molecular flexibility index (Phi) is 4.48. The molecule has 2 aromatic carbocycles. The lowest BCUT2D eigenvalue weighted by Gasteiger charge is -2.10. The topological polar surface area (TPSA) is 77.2 Å². The summed E-state index contributed by atoms with van der Waals surface area (Å²) in [5, 5.41) is 3.29. The van der Waals surface area contributed by atoms with Gasteiger partial charge in [0.15, 0.2) is 5.58 Å². The third-order valence-electron chi connectivity index (χ3n) is 3.99. The molecule has 2 aromatic heterocycles. The first kappa shape index (κ1) is 17.1. The molecule has 0 atom stereocenters. The van der Waals surface area contributed by atoms with Crippen LogP contribution < -0.4 is 10.1 Å². The van der Waals surface area contributed by atoms with Crippen LogP contribution in [0.25, 0.3) is 22.6 Å². The average molecular weight is 380 g/mol. The maximum Gasteiger partial charge on any atom is 0.259 e. The number of nitrogens with one attached hydrogen (secondary N) is 1. The number of carbonyl (C=O) groups excluding carboxylic acids is 1. The highest BCUT2D eigenvalue weighted by Crippen LogP contribution is 2.26. The van der Waals surface area contributed by atoms with E-state index in [-0.39, 0.29) is 5.91 Å². The van der Waals surface area contributed by atoms with Gasteiger partial charge in [0, 0.05) is 28.5 Å². The molecule has 4 rings (SSSR count). The Morgan fingerprint density at radius 3 is 2.70 bits per heavy atom. The van der Waals surface area contributed by atoms with Crippen molar-refractivity contribution in [3.63, 3.8) is 0 Å². The molecule has 6 nitrogen and oxygen atoms in total. The predicted octanol–water partition coefficient (Wildman–Crippen LogP) is 4.80. The number of nitrogens with zero attached hydrogens (tertiary/aromatic N) is 2. The van der Waals surface area contributed by atoms with E-state index in [0.29, 0.717) is 39.0 Å². The highest BCUT2D eigenvalue weighted by Gasteiger charge is 2.14. The molecular formula is C20H14ClN3O3. The Morgan fingerprint density at radius 1 is 1.15 bits per heavy atom. The molecule has 7 heteroatoms. The summed E-state index contributed by atoms with van der Waals surface area (Å²) in [5.74, 6) is 0.635. The third kappa shape index (κ3) is 3.47. The number of pyridine rings is 1. The number of anilines is 1. The number of rotatable bonds is 4. The standard InChI is InChI=1S/C20H14ClN3O3/c1-26-17-7-4-13(21)10-15(17)19(25)23-14-5-2-12(3-6-14)20-24-16-11-22-9-8-18(16)27-20/h2-11H,1H3,(H,23,25). The van der Waals surface area contributed by atoms with Crippen molar-refractivity contribution in [2.75, 3.05) is 12.4 Å². The van der Waals surface area contributed by atoms with Gasteiger partial charge in [-0.3, -0.25) is 9.78 Å². The zero-order valence-electron chi connectivity index (χ0n) is 14.3. The van der Waals surface area contributed by atoms with Gasteiger partial charge < -0.3 is 14.5 Å². The zero-order chi connectivity index (χ0) is 18.8. The number of ether oxygens (including phenoxy) is 1. The minimum absolute atomic E-state index is 0.310. The second-order valence-corrected chi connectivity index (χ2v) is 6.17. The molecule has 0 saturated heterocycles. The second-order valence-electron chi connectivity index (χ2n) is 5.74. The van der Waals surface area contributed by atoms with E-state index in [4.69, 9.17) is 20.8 Å². The Labute approximate surface area is 159 Å². The van der Waals surface area contributed by atoms with Crippen LogP contribution in [-0.2, 0) is 0 Å². The van der Waals surface area contributed by atoms with Gasteiger partial charge in [-0.1, -0.05) is 11.6 Å². The quantitative estimate of drug-likeness (QED) is 0.551. The van der Waals surface area contributed by atoms with Crippen LogP contribution in [0, 0.1) is 0 Å². The first-order chi connectivity index (χ1) is 13.1. The normalized spacial score (nSPS) is 10.7. The highest BCUT2D eigenvalue weighted by molar-refractivity contribution is 6.31. The van der Waals surface area contributed by atoms with Gasteiger partial charge in [0.1, 0.15) is 11.3 Å². The molecule has 0 spiro atoms. The van der Waals surface area contributed by atoms with Crippen molar-refractivity contribution in [3.05, 3.63) is 71.5 Å². The number of benzene rings is 2. The van der Waals surface area contributed by atoms with Gasteiger partial charge in [-0.25, -0.2) is 4.98 Å². The molecule has 27 heavy (non-hydrogen) atoms. The smallest absolute Gasteiger partial charge is 0.259 e. The van der Waals surface area contributed by atoms with Crippen molar-refractivity contribution in [2.24, 2.45) is 0 Å². The van der Waals surface area contributed by atoms with Crippen LogP contribution in [0.5, 0.6) is 5.75 Å². The van der Waals surface area contributed by atoms with E-state index in [1.807, 2.05) is 12.1 Å². The Bertz CT molecular complexity index is 1090. The maximum atomic E-state index is 12.5. The molecule has 2 heterocycles. The summed E-state index contributed by atoms with van der Waals surface area (Å²) in [6.07, 6.45) is 3.30. The molecule has 0 aliphatic carbocycles. The van der Waals surface area contributed by atoms with Gasteiger partial charge in [0.2, 0.25) is 5.89 Å². The molecule has 0 unspecified atom stereocenters. The van der Waals surface area contributed by atoms with E-state index in [0.717, 1.165) is 5.56 Å². The fourth-order valence-corrected chi connectivity index (χ4v) is 2.83. The van der Waals surface area contributed by atoms with E-state index in [2.05, 4.69) is 15.3 Å². The number of oxazole rings is 1. The van der Waals surface area contributed by atoms with E-state index < -0.39 is 0 Å². The van der Waals surface area contributed by atoms with E-state index >= 15 is 0 Å².